The van der Waals surface area contributed by atoms with Crippen LogP contribution in [0.3, 0.4) is 0 Å². The van der Waals surface area contributed by atoms with Crippen LogP contribution >= 0.6 is 0 Å². The summed E-state index contributed by atoms with van der Waals surface area (Å²) in [6, 6.07) is 6.18. The van der Waals surface area contributed by atoms with Crippen molar-refractivity contribution >= 4 is 10.9 Å². The van der Waals surface area contributed by atoms with Crippen molar-refractivity contribution in [3.63, 3.8) is 0 Å². The second kappa shape index (κ2) is 3.42. The van der Waals surface area contributed by atoms with E-state index in [0.29, 0.717) is 0 Å². The van der Waals surface area contributed by atoms with Crippen molar-refractivity contribution in [2.45, 2.75) is 12.8 Å². The van der Waals surface area contributed by atoms with E-state index in [4.69, 9.17) is 5.11 Å². The third-order valence-corrected chi connectivity index (χ3v) is 2.61. The Kier molecular flexibility index (Phi) is 2.25. The van der Waals surface area contributed by atoms with Crippen LogP contribution in [0.1, 0.15) is 18.4 Å². The van der Waals surface area contributed by atoms with E-state index in [9.17, 15) is 0 Å². The Bertz CT molecular complexity index is 447. The Morgan fingerprint density at radius 2 is 2.29 bits per heavy atom. The molecule has 0 aliphatic carbocycles. The predicted octanol–water partition coefficient (Wildman–Crippen LogP) is 1.67. The van der Waals surface area contributed by atoms with E-state index < -0.39 is 0 Å². The summed E-state index contributed by atoms with van der Waals surface area (Å²) in [6.45, 7) is 2.20. The molecule has 1 N–H and O–H groups in total. The first-order valence-corrected chi connectivity index (χ1v) is 4.75. The minimum atomic E-state index is 0.186. The second-order valence-electron chi connectivity index (χ2n) is 3.67. The maximum Gasteiger partial charge on any atom is 0.0679 e. The van der Waals surface area contributed by atoms with E-state index in [1.165, 1.54) is 0 Å². The average molecular weight is 190 g/mol. The normalized spacial score (nSPS) is 13.4. The van der Waals surface area contributed by atoms with Crippen LogP contribution in [0.15, 0.2) is 24.4 Å². The molecule has 0 aliphatic rings. The van der Waals surface area contributed by atoms with Gasteiger partial charge in [-0.2, -0.15) is 5.10 Å². The van der Waals surface area contributed by atoms with Crippen molar-refractivity contribution < 1.29 is 5.11 Å². The lowest BCUT2D eigenvalue weighted by Crippen LogP contribution is -1.98. The third-order valence-electron chi connectivity index (χ3n) is 2.61. The lowest BCUT2D eigenvalue weighted by Gasteiger charge is -2.07. The standard InChI is InChI=1S/C11H14N2O/c1-8(7-14)9-3-4-11-10(5-9)6-12-13(11)2/h3-6,8,14H,7H2,1-2H3. The van der Waals surface area contributed by atoms with Crippen LogP contribution in [0, 0.1) is 0 Å². The molecule has 3 nitrogen and oxygen atoms in total. The van der Waals surface area contributed by atoms with Crippen molar-refractivity contribution in [3.8, 4) is 0 Å². The lowest BCUT2D eigenvalue weighted by molar-refractivity contribution is 0.273. The molecule has 1 aromatic carbocycles. The van der Waals surface area contributed by atoms with Crippen LogP contribution in [0.25, 0.3) is 10.9 Å². The van der Waals surface area contributed by atoms with Gasteiger partial charge in [0.25, 0.3) is 0 Å². The van der Waals surface area contributed by atoms with E-state index in [2.05, 4.69) is 11.2 Å². The molecule has 1 unspecified atom stereocenters. The van der Waals surface area contributed by atoms with E-state index in [0.717, 1.165) is 16.5 Å². The van der Waals surface area contributed by atoms with E-state index in [1.807, 2.05) is 37.0 Å². The molecule has 0 saturated heterocycles. The van der Waals surface area contributed by atoms with Gasteiger partial charge in [0, 0.05) is 25.0 Å². The molecule has 0 fully saturated rings. The highest BCUT2D eigenvalue weighted by Crippen LogP contribution is 2.20. The molecule has 74 valence electrons. The number of fused-ring (bicyclic) bond motifs is 1. The molecule has 0 bridgehead atoms. The molecule has 14 heavy (non-hydrogen) atoms. The average Bonchev–Trinajstić information content (AvgIpc) is 2.59. The first kappa shape index (κ1) is 9.21. The first-order valence-electron chi connectivity index (χ1n) is 4.75. The molecule has 1 aromatic heterocycles. The summed E-state index contributed by atoms with van der Waals surface area (Å²) < 4.78 is 1.85. The minimum absolute atomic E-state index is 0.186. The monoisotopic (exact) mass is 190 g/mol. The number of nitrogens with zero attached hydrogens (tertiary/aromatic N) is 2. The van der Waals surface area contributed by atoms with Crippen LogP contribution < -0.4 is 0 Å². The highest BCUT2D eigenvalue weighted by atomic mass is 16.3. The van der Waals surface area contributed by atoms with Gasteiger partial charge in [-0.3, -0.25) is 4.68 Å². The third kappa shape index (κ3) is 1.40. The molecule has 2 aromatic rings. The Balaban J connectivity index is 2.52. The Labute approximate surface area is 83.0 Å². The number of aromatic nitrogens is 2. The zero-order chi connectivity index (χ0) is 10.1. The van der Waals surface area contributed by atoms with Gasteiger partial charge in [0.15, 0.2) is 0 Å². The molecule has 1 atom stereocenters. The number of aliphatic hydroxyl groups excluding tert-OH is 1. The summed E-state index contributed by atoms with van der Waals surface area (Å²) in [7, 11) is 1.93. The fraction of sp³-hybridized carbons (Fsp3) is 0.364. The van der Waals surface area contributed by atoms with Gasteiger partial charge in [-0.25, -0.2) is 0 Å². The fourth-order valence-electron chi connectivity index (χ4n) is 1.59. The van der Waals surface area contributed by atoms with Crippen molar-refractivity contribution in [1.29, 1.82) is 0 Å². The van der Waals surface area contributed by atoms with Gasteiger partial charge < -0.3 is 5.11 Å². The van der Waals surface area contributed by atoms with Crippen LogP contribution in [-0.2, 0) is 7.05 Å². The molecule has 2 rings (SSSR count). The topological polar surface area (TPSA) is 38.1 Å². The van der Waals surface area contributed by atoms with Gasteiger partial charge in [-0.1, -0.05) is 13.0 Å². The molecule has 3 heteroatoms. The summed E-state index contributed by atoms with van der Waals surface area (Å²) in [5, 5.41) is 14.4. The summed E-state index contributed by atoms with van der Waals surface area (Å²) >= 11 is 0. The molecule has 0 aliphatic heterocycles. The summed E-state index contributed by atoms with van der Waals surface area (Å²) in [4.78, 5) is 0. The molecule has 0 spiro atoms. The number of aliphatic hydroxyl groups is 1. The van der Waals surface area contributed by atoms with E-state index >= 15 is 0 Å². The number of hydrogen-bond acceptors (Lipinski definition) is 2. The number of aryl methyl sites for hydroxylation is 1. The van der Waals surface area contributed by atoms with Crippen molar-refractivity contribution in [3.05, 3.63) is 30.0 Å². The first-order chi connectivity index (χ1) is 6.72. The molecule has 0 saturated carbocycles. The molecule has 1 heterocycles. The molecule has 0 amide bonds. The molecular formula is C11H14N2O. The molecule has 0 radical (unpaired) electrons. The van der Waals surface area contributed by atoms with Crippen LogP contribution in [-0.4, -0.2) is 21.5 Å². The van der Waals surface area contributed by atoms with Gasteiger partial charge >= 0.3 is 0 Å². The van der Waals surface area contributed by atoms with Gasteiger partial charge in [-0.15, -0.1) is 0 Å². The maximum atomic E-state index is 9.04. The predicted molar refractivity (Wildman–Crippen MR) is 56.2 cm³/mol. The Hall–Kier alpha value is -1.35. The number of benzene rings is 1. The Morgan fingerprint density at radius 3 is 3.00 bits per heavy atom. The summed E-state index contributed by atoms with van der Waals surface area (Å²) in [6.07, 6.45) is 1.85. The summed E-state index contributed by atoms with van der Waals surface area (Å²) in [5.41, 5.74) is 2.28. The molecular weight excluding hydrogens is 176 g/mol. The number of rotatable bonds is 2. The minimum Gasteiger partial charge on any atom is -0.396 e. The van der Waals surface area contributed by atoms with Crippen LogP contribution in [0.2, 0.25) is 0 Å². The van der Waals surface area contributed by atoms with E-state index in [1.54, 1.807) is 0 Å². The lowest BCUT2D eigenvalue weighted by atomic mass is 10.0. The Morgan fingerprint density at radius 1 is 1.50 bits per heavy atom. The zero-order valence-corrected chi connectivity index (χ0v) is 8.44. The largest absolute Gasteiger partial charge is 0.396 e. The van der Waals surface area contributed by atoms with E-state index in [-0.39, 0.29) is 12.5 Å². The SMILES string of the molecule is CC(CO)c1ccc2c(cnn2C)c1. The number of hydrogen-bond donors (Lipinski definition) is 1. The van der Waals surface area contributed by atoms with Gasteiger partial charge in [0.2, 0.25) is 0 Å². The van der Waals surface area contributed by atoms with Crippen LogP contribution in [0.4, 0.5) is 0 Å². The van der Waals surface area contributed by atoms with Gasteiger partial charge in [-0.05, 0) is 17.7 Å². The maximum absolute atomic E-state index is 9.04. The van der Waals surface area contributed by atoms with Gasteiger partial charge in [0.05, 0.1) is 11.7 Å². The van der Waals surface area contributed by atoms with Gasteiger partial charge in [0.1, 0.15) is 0 Å². The fourth-order valence-corrected chi connectivity index (χ4v) is 1.59. The van der Waals surface area contributed by atoms with Crippen molar-refractivity contribution in [2.24, 2.45) is 7.05 Å². The van der Waals surface area contributed by atoms with Crippen LogP contribution in [0.5, 0.6) is 0 Å². The summed E-state index contributed by atoms with van der Waals surface area (Å²) in [5.74, 6) is 0.194. The van der Waals surface area contributed by atoms with Crippen molar-refractivity contribution in [2.75, 3.05) is 6.61 Å². The zero-order valence-electron chi connectivity index (χ0n) is 8.44. The van der Waals surface area contributed by atoms with Crippen molar-refractivity contribution in [1.82, 2.24) is 9.78 Å². The quantitative estimate of drug-likeness (QED) is 0.782. The second-order valence-corrected chi connectivity index (χ2v) is 3.67. The highest BCUT2D eigenvalue weighted by Gasteiger charge is 2.06. The smallest absolute Gasteiger partial charge is 0.0679 e. The highest BCUT2D eigenvalue weighted by molar-refractivity contribution is 5.79.